The maximum absolute atomic E-state index is 13.4. The summed E-state index contributed by atoms with van der Waals surface area (Å²) in [7, 11) is 1.61. The largest absolute Gasteiger partial charge is 0.495 e. The van der Waals surface area contributed by atoms with Gasteiger partial charge in [0, 0.05) is 12.7 Å². The first-order valence-electron chi connectivity index (χ1n) is 10.3. The summed E-state index contributed by atoms with van der Waals surface area (Å²) in [5, 5.41) is 0.436. The van der Waals surface area contributed by atoms with Crippen molar-refractivity contribution in [1.82, 2.24) is 19.1 Å². The first kappa shape index (κ1) is 20.0. The van der Waals surface area contributed by atoms with Crippen LogP contribution in [-0.4, -0.2) is 32.8 Å². The molecule has 162 valence electrons. The number of aryl methyl sites for hydroxylation is 1. The van der Waals surface area contributed by atoms with E-state index >= 15 is 0 Å². The zero-order valence-corrected chi connectivity index (χ0v) is 17.7. The molecule has 1 aliphatic rings. The second-order valence-corrected chi connectivity index (χ2v) is 7.77. The number of nitrogens with one attached hydrogen (secondary N) is 1. The van der Waals surface area contributed by atoms with Gasteiger partial charge in [0.2, 0.25) is 5.62 Å². The van der Waals surface area contributed by atoms with Gasteiger partial charge in [0.1, 0.15) is 16.9 Å². The standard InChI is InChI=1S/C24H22FN5O2/c1-15-13-29(14-27-15)21-8-3-16(12-22(21)32-2)11-19-23(31)30-20(9-10-26-24(30)28-19)17-4-6-18(25)7-5-17/h3-8,11-14,20H,9-10H2,1-2H3,(H,26,28)/b19-11-/t20-/m1/s1. The number of methoxy groups -OCH3 is 1. The smallest absolute Gasteiger partial charge is 0.277 e. The van der Waals surface area contributed by atoms with Crippen LogP contribution in [0.2, 0.25) is 0 Å². The van der Waals surface area contributed by atoms with Crippen molar-refractivity contribution in [2.45, 2.75) is 19.4 Å². The summed E-state index contributed by atoms with van der Waals surface area (Å²) in [6, 6.07) is 11.8. The average molecular weight is 431 g/mol. The van der Waals surface area contributed by atoms with Gasteiger partial charge in [0.05, 0.1) is 30.9 Å². The van der Waals surface area contributed by atoms with E-state index in [1.54, 1.807) is 36.2 Å². The van der Waals surface area contributed by atoms with Crippen molar-refractivity contribution < 1.29 is 9.13 Å². The molecule has 32 heavy (non-hydrogen) atoms. The van der Waals surface area contributed by atoms with Gasteiger partial charge in [-0.2, -0.15) is 0 Å². The van der Waals surface area contributed by atoms with Gasteiger partial charge in [-0.1, -0.05) is 18.2 Å². The lowest BCUT2D eigenvalue weighted by molar-refractivity contribution is 0.413. The van der Waals surface area contributed by atoms with Gasteiger partial charge in [-0.25, -0.2) is 9.37 Å². The Morgan fingerprint density at radius 3 is 2.75 bits per heavy atom. The van der Waals surface area contributed by atoms with E-state index < -0.39 is 0 Å². The molecule has 0 spiro atoms. The van der Waals surface area contributed by atoms with Crippen LogP contribution in [0.4, 0.5) is 4.39 Å². The summed E-state index contributed by atoms with van der Waals surface area (Å²) >= 11 is 0. The van der Waals surface area contributed by atoms with Crippen LogP contribution in [-0.2, 0) is 0 Å². The van der Waals surface area contributed by atoms with Crippen molar-refractivity contribution in [3.63, 3.8) is 0 Å². The van der Waals surface area contributed by atoms with E-state index in [9.17, 15) is 9.18 Å². The van der Waals surface area contributed by atoms with Gasteiger partial charge in [-0.15, -0.1) is 0 Å². The predicted octanol–water partition coefficient (Wildman–Crippen LogP) is 2.26. The summed E-state index contributed by atoms with van der Waals surface area (Å²) in [4.78, 5) is 25.1. The number of halogens is 1. The lowest BCUT2D eigenvalue weighted by Crippen LogP contribution is -2.37. The highest BCUT2D eigenvalue weighted by Crippen LogP contribution is 2.25. The molecule has 0 saturated carbocycles. The number of fused-ring (bicyclic) bond motifs is 1. The van der Waals surface area contributed by atoms with Crippen LogP contribution < -0.4 is 21.3 Å². The zero-order chi connectivity index (χ0) is 22.2. The molecule has 1 atom stereocenters. The van der Waals surface area contributed by atoms with Crippen LogP contribution >= 0.6 is 0 Å². The Kier molecular flexibility index (Phi) is 4.97. The number of imidazole rings is 2. The molecule has 2 aromatic carbocycles. The summed E-state index contributed by atoms with van der Waals surface area (Å²) in [5.74, 6) is 0.370. The van der Waals surface area contributed by atoms with Gasteiger partial charge in [0.25, 0.3) is 5.56 Å². The second-order valence-electron chi connectivity index (χ2n) is 7.77. The summed E-state index contributed by atoms with van der Waals surface area (Å²) in [5.41, 5.74) is 3.84. The predicted molar refractivity (Wildman–Crippen MR) is 118 cm³/mol. The van der Waals surface area contributed by atoms with Crippen molar-refractivity contribution in [2.75, 3.05) is 13.7 Å². The fraction of sp³-hybridized carbons (Fsp3) is 0.208. The molecule has 0 radical (unpaired) electrons. The second kappa shape index (κ2) is 7.96. The van der Waals surface area contributed by atoms with Gasteiger partial charge >= 0.3 is 0 Å². The van der Waals surface area contributed by atoms with Crippen molar-refractivity contribution in [3.8, 4) is 11.4 Å². The lowest BCUT2D eigenvalue weighted by Gasteiger charge is -2.20. The molecule has 0 saturated heterocycles. The molecule has 4 aromatic rings. The van der Waals surface area contributed by atoms with E-state index in [2.05, 4.69) is 15.0 Å². The Hall–Kier alpha value is -3.94. The Labute approximate surface area is 183 Å². The van der Waals surface area contributed by atoms with Gasteiger partial charge in [-0.05, 0) is 54.8 Å². The highest BCUT2D eigenvalue weighted by atomic mass is 19.1. The number of nitrogens with zero attached hydrogens (tertiary/aromatic N) is 4. The summed E-state index contributed by atoms with van der Waals surface area (Å²) in [6.45, 7) is 2.52. The Morgan fingerprint density at radius 1 is 1.22 bits per heavy atom. The quantitative estimate of drug-likeness (QED) is 0.539. The number of ether oxygens (including phenoxy) is 1. The minimum absolute atomic E-state index is 0.161. The van der Waals surface area contributed by atoms with Crippen LogP contribution in [0.15, 0.2) is 64.8 Å². The van der Waals surface area contributed by atoms with Crippen LogP contribution in [0.5, 0.6) is 5.75 Å². The zero-order valence-electron chi connectivity index (χ0n) is 17.7. The minimum Gasteiger partial charge on any atom is -0.495 e. The van der Waals surface area contributed by atoms with Gasteiger partial charge < -0.3 is 14.3 Å². The molecule has 3 heterocycles. The van der Waals surface area contributed by atoms with E-state index in [0.717, 1.165) is 22.5 Å². The molecule has 0 aliphatic carbocycles. The lowest BCUT2D eigenvalue weighted by atomic mass is 10.0. The molecule has 0 bridgehead atoms. The fourth-order valence-electron chi connectivity index (χ4n) is 4.10. The fourth-order valence-corrected chi connectivity index (χ4v) is 4.10. The number of H-pyrrole nitrogens is 1. The maximum atomic E-state index is 13.4. The molecule has 0 fully saturated rings. The highest BCUT2D eigenvalue weighted by Gasteiger charge is 2.21. The molecule has 1 aliphatic heterocycles. The van der Waals surface area contributed by atoms with Gasteiger partial charge in [0.15, 0.2) is 0 Å². The first-order valence-corrected chi connectivity index (χ1v) is 10.3. The molecular weight excluding hydrogens is 409 g/mol. The van der Waals surface area contributed by atoms with E-state index in [1.165, 1.54) is 12.1 Å². The van der Waals surface area contributed by atoms with Crippen molar-refractivity contribution in [3.05, 3.63) is 98.9 Å². The van der Waals surface area contributed by atoms with Crippen molar-refractivity contribution >= 4 is 6.08 Å². The molecular formula is C24H22FN5O2. The van der Waals surface area contributed by atoms with Crippen LogP contribution in [0.1, 0.15) is 29.3 Å². The van der Waals surface area contributed by atoms with E-state index in [4.69, 9.17) is 4.74 Å². The molecule has 8 heteroatoms. The molecule has 1 N–H and O–H groups in total. The third-order valence-corrected chi connectivity index (χ3v) is 5.66. The normalized spacial score (nSPS) is 16.0. The third-order valence-electron chi connectivity index (χ3n) is 5.66. The topological polar surface area (TPSA) is 77.2 Å². The Balaban J connectivity index is 1.57. The molecule has 7 nitrogen and oxygen atoms in total. The van der Waals surface area contributed by atoms with Crippen LogP contribution in [0.3, 0.4) is 0 Å². The SMILES string of the molecule is COc1cc(/C=c2\[nH]c3n(c2=O)[C@@H](c2ccc(F)cc2)CCN=3)ccc1-n1cnc(C)c1. The van der Waals surface area contributed by atoms with Crippen LogP contribution in [0.25, 0.3) is 11.8 Å². The Morgan fingerprint density at radius 2 is 2.03 bits per heavy atom. The molecule has 5 rings (SSSR count). The number of hydrogen-bond donors (Lipinski definition) is 1. The monoisotopic (exact) mass is 431 g/mol. The molecule has 0 unspecified atom stereocenters. The van der Waals surface area contributed by atoms with Crippen LogP contribution in [0, 0.1) is 12.7 Å². The van der Waals surface area contributed by atoms with Gasteiger partial charge in [-0.3, -0.25) is 14.4 Å². The number of rotatable bonds is 4. The number of aromatic amines is 1. The van der Waals surface area contributed by atoms with Crippen molar-refractivity contribution in [2.24, 2.45) is 4.99 Å². The van der Waals surface area contributed by atoms with E-state index in [1.807, 2.05) is 35.9 Å². The Bertz CT molecular complexity index is 1460. The first-order chi connectivity index (χ1) is 15.5. The van der Waals surface area contributed by atoms with E-state index in [0.29, 0.717) is 29.7 Å². The number of hydrogen-bond acceptors (Lipinski definition) is 4. The molecule has 2 aromatic heterocycles. The van der Waals surface area contributed by atoms with E-state index in [-0.39, 0.29) is 17.4 Å². The number of aromatic nitrogens is 4. The summed E-state index contributed by atoms with van der Waals surface area (Å²) in [6.07, 6.45) is 6.13. The summed E-state index contributed by atoms with van der Waals surface area (Å²) < 4.78 is 22.5. The third kappa shape index (κ3) is 3.53. The highest BCUT2D eigenvalue weighted by molar-refractivity contribution is 5.58. The minimum atomic E-state index is -0.298. The number of benzene rings is 2. The van der Waals surface area contributed by atoms with Crippen molar-refractivity contribution in [1.29, 1.82) is 0 Å². The average Bonchev–Trinajstić information content (AvgIpc) is 3.37. The molecule has 0 amide bonds. The maximum Gasteiger partial charge on any atom is 0.277 e.